The van der Waals surface area contributed by atoms with Crippen molar-refractivity contribution in [2.45, 2.75) is 44.2 Å². The normalized spacial score (nSPS) is 26.2. The molecular formula is C15H21NO4. The third-order valence-corrected chi connectivity index (χ3v) is 4.18. The third-order valence-electron chi connectivity index (χ3n) is 4.18. The number of methoxy groups -OCH3 is 2. The molecule has 0 aliphatic heterocycles. The zero-order valence-electron chi connectivity index (χ0n) is 12.2. The van der Waals surface area contributed by atoms with Gasteiger partial charge in [-0.05, 0) is 44.7 Å². The molecule has 1 saturated carbocycles. The molecule has 5 nitrogen and oxygen atoms in total. The smallest absolute Gasteiger partial charge is 0.343 e. The average Bonchev–Trinajstić information content (AvgIpc) is 2.47. The SMILES string of the molecule is COC(=O)c1cccn(C2CCC[C@@](C)(OC)C2)c1=O. The Morgan fingerprint density at radius 1 is 1.45 bits per heavy atom. The molecule has 2 rings (SSSR count). The molecule has 0 N–H and O–H groups in total. The van der Waals surface area contributed by atoms with Crippen molar-refractivity contribution in [2.75, 3.05) is 14.2 Å². The first-order valence-electron chi connectivity index (χ1n) is 6.85. The van der Waals surface area contributed by atoms with E-state index < -0.39 is 5.97 Å². The van der Waals surface area contributed by atoms with E-state index in [2.05, 4.69) is 11.7 Å². The summed E-state index contributed by atoms with van der Waals surface area (Å²) >= 11 is 0. The molecule has 1 aliphatic carbocycles. The summed E-state index contributed by atoms with van der Waals surface area (Å²) in [6, 6.07) is 3.28. The van der Waals surface area contributed by atoms with E-state index >= 15 is 0 Å². The van der Waals surface area contributed by atoms with E-state index in [-0.39, 0.29) is 22.8 Å². The van der Waals surface area contributed by atoms with Crippen molar-refractivity contribution in [1.29, 1.82) is 0 Å². The predicted octanol–water partition coefficient (Wildman–Crippen LogP) is 2.16. The number of pyridine rings is 1. The summed E-state index contributed by atoms with van der Waals surface area (Å²) in [6.45, 7) is 2.06. The molecule has 0 radical (unpaired) electrons. The van der Waals surface area contributed by atoms with E-state index in [0.29, 0.717) is 0 Å². The van der Waals surface area contributed by atoms with Gasteiger partial charge < -0.3 is 14.0 Å². The molecule has 5 heteroatoms. The molecule has 20 heavy (non-hydrogen) atoms. The summed E-state index contributed by atoms with van der Waals surface area (Å²) in [4.78, 5) is 24.0. The van der Waals surface area contributed by atoms with Gasteiger partial charge in [-0.2, -0.15) is 0 Å². The minimum Gasteiger partial charge on any atom is -0.465 e. The van der Waals surface area contributed by atoms with Gasteiger partial charge in [-0.3, -0.25) is 4.79 Å². The maximum absolute atomic E-state index is 12.4. The molecule has 1 aromatic rings. The highest BCUT2D eigenvalue weighted by Crippen LogP contribution is 2.36. The van der Waals surface area contributed by atoms with Gasteiger partial charge in [0.15, 0.2) is 0 Å². The molecule has 0 amide bonds. The van der Waals surface area contributed by atoms with Gasteiger partial charge in [-0.25, -0.2) is 4.79 Å². The summed E-state index contributed by atoms with van der Waals surface area (Å²) < 4.78 is 11.8. The number of carbonyl (C=O) groups is 1. The Balaban J connectivity index is 2.34. The first kappa shape index (κ1) is 14.8. The summed E-state index contributed by atoms with van der Waals surface area (Å²) in [5.74, 6) is -0.588. The van der Waals surface area contributed by atoms with Gasteiger partial charge in [-0.15, -0.1) is 0 Å². The first-order valence-corrected chi connectivity index (χ1v) is 6.85. The quantitative estimate of drug-likeness (QED) is 0.796. The second-order valence-corrected chi connectivity index (χ2v) is 5.53. The average molecular weight is 279 g/mol. The van der Waals surface area contributed by atoms with E-state index in [4.69, 9.17) is 4.74 Å². The zero-order valence-corrected chi connectivity index (χ0v) is 12.2. The van der Waals surface area contributed by atoms with Crippen LogP contribution in [-0.4, -0.2) is 30.4 Å². The van der Waals surface area contributed by atoms with Crippen LogP contribution in [0.3, 0.4) is 0 Å². The highest BCUT2D eigenvalue weighted by atomic mass is 16.5. The van der Waals surface area contributed by atoms with Crippen molar-refractivity contribution in [1.82, 2.24) is 4.57 Å². The van der Waals surface area contributed by atoms with E-state index in [1.807, 2.05) is 0 Å². The number of nitrogens with zero attached hydrogens (tertiary/aromatic N) is 1. The number of hydrogen-bond donors (Lipinski definition) is 0. The minimum atomic E-state index is -0.588. The number of hydrogen-bond acceptors (Lipinski definition) is 4. The Morgan fingerprint density at radius 2 is 2.20 bits per heavy atom. The fourth-order valence-electron chi connectivity index (χ4n) is 2.90. The van der Waals surface area contributed by atoms with Crippen molar-refractivity contribution in [3.05, 3.63) is 34.2 Å². The monoisotopic (exact) mass is 279 g/mol. The number of ether oxygens (including phenoxy) is 2. The molecular weight excluding hydrogens is 258 g/mol. The van der Waals surface area contributed by atoms with Crippen molar-refractivity contribution < 1.29 is 14.3 Å². The molecule has 0 spiro atoms. The van der Waals surface area contributed by atoms with Gasteiger partial charge in [0.1, 0.15) is 5.56 Å². The lowest BCUT2D eigenvalue weighted by Gasteiger charge is -2.37. The van der Waals surface area contributed by atoms with Gasteiger partial charge in [0.2, 0.25) is 0 Å². The van der Waals surface area contributed by atoms with Crippen molar-refractivity contribution in [2.24, 2.45) is 0 Å². The fraction of sp³-hybridized carbons (Fsp3) is 0.600. The molecule has 110 valence electrons. The third kappa shape index (κ3) is 2.77. The van der Waals surface area contributed by atoms with Crippen LogP contribution < -0.4 is 5.56 Å². The van der Waals surface area contributed by atoms with Crippen LogP contribution in [0.25, 0.3) is 0 Å². The highest BCUT2D eigenvalue weighted by Gasteiger charge is 2.33. The number of esters is 1. The highest BCUT2D eigenvalue weighted by molar-refractivity contribution is 5.88. The fourth-order valence-corrected chi connectivity index (χ4v) is 2.90. The first-order chi connectivity index (χ1) is 9.50. The standard InChI is InChI=1S/C15H21NO4/c1-15(20-3)8-4-6-11(10-15)16-9-5-7-12(13(16)17)14(18)19-2/h5,7,9,11H,4,6,8,10H2,1-3H3/t11?,15-/m1/s1. The van der Waals surface area contributed by atoms with Gasteiger partial charge in [-0.1, -0.05) is 0 Å². The number of aromatic nitrogens is 1. The van der Waals surface area contributed by atoms with Crippen molar-refractivity contribution >= 4 is 5.97 Å². The second-order valence-electron chi connectivity index (χ2n) is 5.53. The van der Waals surface area contributed by atoms with E-state index in [1.54, 1.807) is 23.9 Å². The van der Waals surface area contributed by atoms with Crippen LogP contribution in [0.4, 0.5) is 0 Å². The van der Waals surface area contributed by atoms with Crippen molar-refractivity contribution in [3.63, 3.8) is 0 Å². The van der Waals surface area contributed by atoms with Crippen LogP contribution in [0, 0.1) is 0 Å². The Kier molecular flexibility index (Phi) is 4.28. The summed E-state index contributed by atoms with van der Waals surface area (Å²) in [5.41, 5.74) is -0.409. The van der Waals surface area contributed by atoms with Gasteiger partial charge >= 0.3 is 5.97 Å². The molecule has 1 unspecified atom stereocenters. The van der Waals surface area contributed by atoms with Crippen LogP contribution in [0.1, 0.15) is 49.0 Å². The number of carbonyl (C=O) groups excluding carboxylic acids is 1. The van der Waals surface area contributed by atoms with Crippen molar-refractivity contribution in [3.8, 4) is 0 Å². The maximum atomic E-state index is 12.4. The molecule has 1 aliphatic rings. The lowest BCUT2D eigenvalue weighted by atomic mass is 9.83. The van der Waals surface area contributed by atoms with Gasteiger partial charge in [0.05, 0.1) is 12.7 Å². The van der Waals surface area contributed by atoms with E-state index in [9.17, 15) is 9.59 Å². The predicted molar refractivity (Wildman–Crippen MR) is 75.0 cm³/mol. The Morgan fingerprint density at radius 3 is 2.85 bits per heavy atom. The second kappa shape index (κ2) is 5.79. The van der Waals surface area contributed by atoms with Gasteiger partial charge in [0, 0.05) is 19.3 Å². The minimum absolute atomic E-state index is 0.0609. The van der Waals surface area contributed by atoms with E-state index in [0.717, 1.165) is 25.7 Å². The summed E-state index contributed by atoms with van der Waals surface area (Å²) in [5, 5.41) is 0. The molecule has 1 aromatic heterocycles. The Hall–Kier alpha value is -1.62. The molecule has 1 heterocycles. The van der Waals surface area contributed by atoms with Crippen LogP contribution in [0.2, 0.25) is 0 Å². The van der Waals surface area contributed by atoms with Crippen LogP contribution in [0.5, 0.6) is 0 Å². The largest absolute Gasteiger partial charge is 0.465 e. The molecule has 0 saturated heterocycles. The molecule has 0 bridgehead atoms. The zero-order chi connectivity index (χ0) is 14.8. The van der Waals surface area contributed by atoms with E-state index in [1.165, 1.54) is 13.2 Å². The lowest BCUT2D eigenvalue weighted by Crippen LogP contribution is -2.38. The van der Waals surface area contributed by atoms with Crippen LogP contribution in [-0.2, 0) is 9.47 Å². The van der Waals surface area contributed by atoms with Gasteiger partial charge in [0.25, 0.3) is 5.56 Å². The lowest BCUT2D eigenvalue weighted by molar-refractivity contribution is -0.0376. The molecule has 1 fully saturated rings. The maximum Gasteiger partial charge on any atom is 0.343 e. The topological polar surface area (TPSA) is 57.5 Å². The summed E-state index contributed by atoms with van der Waals surface area (Å²) in [6.07, 6.45) is 5.42. The van der Waals surface area contributed by atoms with Crippen LogP contribution >= 0.6 is 0 Å². The molecule has 2 atom stereocenters. The summed E-state index contributed by atoms with van der Waals surface area (Å²) in [7, 11) is 2.98. The van der Waals surface area contributed by atoms with Crippen LogP contribution in [0.15, 0.2) is 23.1 Å². The molecule has 0 aromatic carbocycles. The Labute approximate surface area is 118 Å². The number of rotatable bonds is 3. The Bertz CT molecular complexity index is 551.